The summed E-state index contributed by atoms with van der Waals surface area (Å²) in [4.78, 5) is 40.7. The molecule has 9 heteroatoms. The van der Waals surface area contributed by atoms with Gasteiger partial charge in [0.15, 0.2) is 9.84 Å². The molecule has 0 radical (unpaired) electrons. The van der Waals surface area contributed by atoms with Crippen LogP contribution in [-0.4, -0.2) is 69.3 Å². The molecule has 0 aromatic heterocycles. The number of carbonyl (C=O) groups excluding carboxylic acids is 3. The molecule has 2 aromatic rings. The van der Waals surface area contributed by atoms with E-state index in [0.29, 0.717) is 43.7 Å². The van der Waals surface area contributed by atoms with Gasteiger partial charge in [0.2, 0.25) is 5.91 Å². The fourth-order valence-electron chi connectivity index (χ4n) is 3.93. The first-order valence-corrected chi connectivity index (χ1v) is 12.9. The van der Waals surface area contributed by atoms with Gasteiger partial charge in [-0.25, -0.2) is 8.42 Å². The van der Waals surface area contributed by atoms with Crippen molar-refractivity contribution in [2.75, 3.05) is 33.3 Å². The largest absolute Gasteiger partial charge is 0.466 e. The Morgan fingerprint density at radius 2 is 1.74 bits per heavy atom. The van der Waals surface area contributed by atoms with Crippen molar-refractivity contribution < 1.29 is 27.5 Å². The first-order valence-electron chi connectivity index (χ1n) is 11.3. The van der Waals surface area contributed by atoms with Crippen LogP contribution in [0.25, 0.3) is 0 Å². The summed E-state index contributed by atoms with van der Waals surface area (Å²) in [5.41, 5.74) is 0.927. The highest BCUT2D eigenvalue weighted by atomic mass is 32.2. The molecule has 1 heterocycles. The molecule has 1 aliphatic rings. The molecule has 1 atom stereocenters. The van der Waals surface area contributed by atoms with Crippen LogP contribution in [-0.2, 0) is 29.9 Å². The highest BCUT2D eigenvalue weighted by Crippen LogP contribution is 2.19. The van der Waals surface area contributed by atoms with Crippen molar-refractivity contribution in [1.82, 2.24) is 9.80 Å². The van der Waals surface area contributed by atoms with Crippen LogP contribution in [0.4, 0.5) is 0 Å². The minimum Gasteiger partial charge on any atom is -0.466 e. The standard InChI is InChI=1S/C25H30N2O6S/c1-3-33-25(30)21-8-7-15-27(16-21)23(28)17-26(2)24(29)20-13-11-19(12-14-20)18-34(31,32)22-9-5-4-6-10-22/h4-6,9-14,21H,3,7-8,15-18H2,1-2H3. The third kappa shape index (κ3) is 6.44. The molecule has 1 unspecified atom stereocenters. The lowest BCUT2D eigenvalue weighted by atomic mass is 9.98. The van der Waals surface area contributed by atoms with Crippen molar-refractivity contribution in [3.05, 3.63) is 65.7 Å². The lowest BCUT2D eigenvalue weighted by molar-refractivity contribution is -0.151. The number of hydrogen-bond acceptors (Lipinski definition) is 6. The summed E-state index contributed by atoms with van der Waals surface area (Å²) in [7, 11) is -1.94. The lowest BCUT2D eigenvalue weighted by Crippen LogP contribution is -2.47. The molecular weight excluding hydrogens is 456 g/mol. The number of benzene rings is 2. The van der Waals surface area contributed by atoms with Crippen molar-refractivity contribution in [2.45, 2.75) is 30.4 Å². The Morgan fingerprint density at radius 3 is 2.38 bits per heavy atom. The molecule has 1 aliphatic heterocycles. The summed E-state index contributed by atoms with van der Waals surface area (Å²) in [5.74, 6) is -1.37. The summed E-state index contributed by atoms with van der Waals surface area (Å²) >= 11 is 0. The Bertz CT molecular complexity index is 1120. The zero-order valence-corrected chi connectivity index (χ0v) is 20.3. The number of rotatable bonds is 8. The molecule has 34 heavy (non-hydrogen) atoms. The van der Waals surface area contributed by atoms with Gasteiger partial charge in [-0.05, 0) is 49.6 Å². The van der Waals surface area contributed by atoms with Crippen molar-refractivity contribution in [2.24, 2.45) is 5.92 Å². The monoisotopic (exact) mass is 486 g/mol. The van der Waals surface area contributed by atoms with E-state index in [2.05, 4.69) is 0 Å². The molecule has 2 aromatic carbocycles. The SMILES string of the molecule is CCOC(=O)C1CCCN(C(=O)CN(C)C(=O)c2ccc(CS(=O)(=O)c3ccccc3)cc2)C1. The van der Waals surface area contributed by atoms with E-state index in [1.165, 1.54) is 4.90 Å². The van der Waals surface area contributed by atoms with Crippen LogP contribution < -0.4 is 0 Å². The van der Waals surface area contributed by atoms with Crippen LogP contribution in [0.5, 0.6) is 0 Å². The van der Waals surface area contributed by atoms with Crippen molar-refractivity contribution in [3.8, 4) is 0 Å². The second kappa shape index (κ2) is 11.3. The number of esters is 1. The Balaban J connectivity index is 1.58. The molecule has 3 rings (SSSR count). The number of ether oxygens (including phenoxy) is 1. The van der Waals surface area contributed by atoms with Crippen LogP contribution in [0.1, 0.15) is 35.7 Å². The predicted octanol–water partition coefficient (Wildman–Crippen LogP) is 2.53. The third-order valence-electron chi connectivity index (χ3n) is 5.77. The minimum absolute atomic E-state index is 0.113. The quantitative estimate of drug-likeness (QED) is 0.532. The molecule has 1 fully saturated rings. The van der Waals surface area contributed by atoms with E-state index < -0.39 is 9.84 Å². The highest BCUT2D eigenvalue weighted by molar-refractivity contribution is 7.90. The molecule has 8 nitrogen and oxygen atoms in total. The first-order chi connectivity index (χ1) is 16.2. The van der Waals surface area contributed by atoms with E-state index in [-0.39, 0.29) is 40.9 Å². The van der Waals surface area contributed by atoms with Crippen LogP contribution in [0.2, 0.25) is 0 Å². The maximum Gasteiger partial charge on any atom is 0.310 e. The topological polar surface area (TPSA) is 101 Å². The molecular formula is C25H30N2O6S. The smallest absolute Gasteiger partial charge is 0.310 e. The van der Waals surface area contributed by atoms with Crippen LogP contribution in [0, 0.1) is 5.92 Å². The van der Waals surface area contributed by atoms with E-state index in [1.807, 2.05) is 0 Å². The van der Waals surface area contributed by atoms with Crippen LogP contribution in [0.15, 0.2) is 59.5 Å². The number of hydrogen-bond donors (Lipinski definition) is 0. The van der Waals surface area contributed by atoms with Gasteiger partial charge in [0.05, 0.1) is 29.7 Å². The molecule has 1 saturated heterocycles. The molecule has 0 spiro atoms. The summed E-state index contributed by atoms with van der Waals surface area (Å²) < 4.78 is 30.2. The Hall–Kier alpha value is -3.20. The maximum absolute atomic E-state index is 12.8. The van der Waals surface area contributed by atoms with Crippen molar-refractivity contribution in [3.63, 3.8) is 0 Å². The van der Waals surface area contributed by atoms with Gasteiger partial charge >= 0.3 is 5.97 Å². The number of likely N-dealkylation sites (tertiary alicyclic amines) is 1. The zero-order chi connectivity index (χ0) is 24.7. The minimum atomic E-state index is -3.48. The molecule has 182 valence electrons. The molecule has 2 amide bonds. The maximum atomic E-state index is 12.8. The van der Waals surface area contributed by atoms with Gasteiger partial charge < -0.3 is 14.5 Å². The number of carbonyl (C=O) groups is 3. The van der Waals surface area contributed by atoms with Gasteiger partial charge in [-0.1, -0.05) is 30.3 Å². The van der Waals surface area contributed by atoms with Gasteiger partial charge in [-0.3, -0.25) is 14.4 Å². The average Bonchev–Trinajstić information content (AvgIpc) is 2.84. The Labute approximate surface area is 200 Å². The zero-order valence-electron chi connectivity index (χ0n) is 19.5. The number of likely N-dealkylation sites (N-methyl/N-ethyl adjacent to an activating group) is 1. The van der Waals surface area contributed by atoms with E-state index in [1.54, 1.807) is 73.5 Å². The van der Waals surface area contributed by atoms with Gasteiger partial charge in [0, 0.05) is 25.7 Å². The fraction of sp³-hybridized carbons (Fsp3) is 0.400. The summed E-state index contributed by atoms with van der Waals surface area (Å²) in [5, 5.41) is 0. The number of amides is 2. The number of sulfone groups is 1. The average molecular weight is 487 g/mol. The summed E-state index contributed by atoms with van der Waals surface area (Å²) in [6, 6.07) is 14.6. The van der Waals surface area contributed by atoms with E-state index in [4.69, 9.17) is 4.74 Å². The predicted molar refractivity (Wildman–Crippen MR) is 127 cm³/mol. The van der Waals surface area contributed by atoms with E-state index >= 15 is 0 Å². The molecule has 0 aliphatic carbocycles. The second-order valence-corrected chi connectivity index (χ2v) is 10.4. The van der Waals surface area contributed by atoms with E-state index in [9.17, 15) is 22.8 Å². The Kier molecular flexibility index (Phi) is 8.44. The number of nitrogens with zero attached hydrogens (tertiary/aromatic N) is 2. The number of piperidine rings is 1. The fourth-order valence-corrected chi connectivity index (χ4v) is 5.30. The normalized spacial score (nSPS) is 16.1. The van der Waals surface area contributed by atoms with Gasteiger partial charge in [0.25, 0.3) is 5.91 Å². The molecule has 0 saturated carbocycles. The van der Waals surface area contributed by atoms with Crippen LogP contribution in [0.3, 0.4) is 0 Å². The summed E-state index contributed by atoms with van der Waals surface area (Å²) in [6.45, 7) is 2.78. The van der Waals surface area contributed by atoms with E-state index in [0.717, 1.165) is 0 Å². The first kappa shape index (κ1) is 25.4. The molecule has 0 bridgehead atoms. The van der Waals surface area contributed by atoms with Crippen molar-refractivity contribution in [1.29, 1.82) is 0 Å². The lowest BCUT2D eigenvalue weighted by Gasteiger charge is -2.32. The second-order valence-electron chi connectivity index (χ2n) is 8.36. The van der Waals surface area contributed by atoms with Gasteiger partial charge in [-0.15, -0.1) is 0 Å². The third-order valence-corrected chi connectivity index (χ3v) is 7.48. The van der Waals surface area contributed by atoms with Crippen molar-refractivity contribution >= 4 is 27.6 Å². The highest BCUT2D eigenvalue weighted by Gasteiger charge is 2.30. The Morgan fingerprint density at radius 1 is 1.06 bits per heavy atom. The molecule has 0 N–H and O–H groups in total. The van der Waals surface area contributed by atoms with Gasteiger partial charge in [-0.2, -0.15) is 0 Å². The van der Waals surface area contributed by atoms with Crippen LogP contribution >= 0.6 is 0 Å². The van der Waals surface area contributed by atoms with Gasteiger partial charge in [0.1, 0.15) is 0 Å². The summed E-state index contributed by atoms with van der Waals surface area (Å²) in [6.07, 6.45) is 1.39.